The number of carboxylic acids is 1. The van der Waals surface area contributed by atoms with E-state index in [1.54, 1.807) is 18.3 Å². The number of hydrogen-bond donors (Lipinski definition) is 2. The van der Waals surface area contributed by atoms with Crippen LogP contribution in [0.1, 0.15) is 28.3 Å². The summed E-state index contributed by atoms with van der Waals surface area (Å²) in [5.41, 5.74) is 2.05. The van der Waals surface area contributed by atoms with E-state index in [2.05, 4.69) is 27.6 Å². The summed E-state index contributed by atoms with van der Waals surface area (Å²) in [5.74, 6) is -2.02. The van der Waals surface area contributed by atoms with Gasteiger partial charge in [0.15, 0.2) is 5.78 Å². The molecule has 0 saturated heterocycles. The number of nitrogens with one attached hydrogen (secondary N) is 1. The molecule has 0 amide bonds. The molecule has 0 saturated carbocycles. The highest BCUT2D eigenvalue weighted by Crippen LogP contribution is 2.29. The summed E-state index contributed by atoms with van der Waals surface area (Å²) in [6.07, 6.45) is 1.63. The summed E-state index contributed by atoms with van der Waals surface area (Å²) < 4.78 is 1.03. The summed E-state index contributed by atoms with van der Waals surface area (Å²) in [5, 5.41) is 10.4. The van der Waals surface area contributed by atoms with Crippen LogP contribution in [0.4, 0.5) is 0 Å². The Morgan fingerprint density at radius 3 is 2.48 bits per heavy atom. The fourth-order valence-electron chi connectivity index (χ4n) is 2.65. The second-order valence-electron chi connectivity index (χ2n) is 5.31. The number of H-pyrrole nitrogens is 1. The van der Waals surface area contributed by atoms with Crippen LogP contribution < -0.4 is 0 Å². The minimum atomic E-state index is -0.992. The Bertz CT molecular complexity index is 867. The van der Waals surface area contributed by atoms with Crippen molar-refractivity contribution in [2.45, 2.75) is 12.3 Å². The number of carboxylic acid groups (broad SMARTS) is 1. The van der Waals surface area contributed by atoms with Crippen LogP contribution in [-0.2, 0) is 4.79 Å². The highest BCUT2D eigenvalue weighted by Gasteiger charge is 2.26. The Morgan fingerprint density at radius 2 is 1.78 bits per heavy atom. The molecule has 1 unspecified atom stereocenters. The van der Waals surface area contributed by atoms with Crippen LogP contribution in [0.3, 0.4) is 0 Å². The van der Waals surface area contributed by atoms with Crippen LogP contribution in [0.5, 0.6) is 0 Å². The van der Waals surface area contributed by atoms with Crippen molar-refractivity contribution in [3.63, 3.8) is 0 Å². The quantitative estimate of drug-likeness (QED) is 0.481. The number of benzene rings is 2. The Hall–Kier alpha value is -2.15. The maximum atomic E-state index is 12.4. The normalized spacial score (nSPS) is 12.2. The van der Waals surface area contributed by atoms with Gasteiger partial charge in [-0.3, -0.25) is 9.59 Å². The molecule has 3 rings (SSSR count). The van der Waals surface area contributed by atoms with Gasteiger partial charge < -0.3 is 10.1 Å². The van der Waals surface area contributed by atoms with Crippen molar-refractivity contribution in [2.24, 2.45) is 0 Å². The molecule has 0 aliphatic rings. The van der Waals surface area contributed by atoms with Crippen molar-refractivity contribution < 1.29 is 14.7 Å². The van der Waals surface area contributed by atoms with E-state index in [1.165, 1.54) is 0 Å². The number of carbonyl (C=O) groups is 2. The molecular formula is C18H14INO3. The van der Waals surface area contributed by atoms with Crippen LogP contribution in [0, 0.1) is 3.57 Å². The zero-order valence-electron chi connectivity index (χ0n) is 12.1. The molecule has 4 nitrogen and oxygen atoms in total. The number of aliphatic carboxylic acids is 1. The Balaban J connectivity index is 1.92. The minimum Gasteiger partial charge on any atom is -0.481 e. The van der Waals surface area contributed by atoms with E-state index in [-0.39, 0.29) is 12.2 Å². The third-order valence-electron chi connectivity index (χ3n) is 3.85. The first-order valence-electron chi connectivity index (χ1n) is 7.14. The monoisotopic (exact) mass is 419 g/mol. The first-order chi connectivity index (χ1) is 11.1. The third-order valence-corrected chi connectivity index (χ3v) is 4.57. The van der Waals surface area contributed by atoms with Crippen molar-refractivity contribution in [3.8, 4) is 0 Å². The smallest absolute Gasteiger partial charge is 0.311 e. The van der Waals surface area contributed by atoms with Gasteiger partial charge in [0.05, 0.1) is 5.92 Å². The maximum absolute atomic E-state index is 12.4. The third kappa shape index (κ3) is 3.29. The zero-order chi connectivity index (χ0) is 16.4. The Labute approximate surface area is 146 Å². The molecule has 0 radical (unpaired) electrons. The number of halogens is 1. The van der Waals surface area contributed by atoms with Gasteiger partial charge in [-0.1, -0.05) is 30.3 Å². The van der Waals surface area contributed by atoms with Crippen molar-refractivity contribution in [3.05, 3.63) is 69.4 Å². The molecule has 1 atom stereocenters. The second-order valence-corrected chi connectivity index (χ2v) is 6.56. The molecule has 0 aliphatic carbocycles. The van der Waals surface area contributed by atoms with Gasteiger partial charge in [-0.15, -0.1) is 0 Å². The molecule has 0 fully saturated rings. The molecule has 0 aliphatic heterocycles. The first-order valence-corrected chi connectivity index (χ1v) is 8.21. The van der Waals surface area contributed by atoms with Crippen molar-refractivity contribution >= 4 is 45.2 Å². The Morgan fingerprint density at radius 1 is 1.09 bits per heavy atom. The van der Waals surface area contributed by atoms with Gasteiger partial charge in [0.2, 0.25) is 0 Å². The minimum absolute atomic E-state index is 0.0578. The number of ketones is 1. The largest absolute Gasteiger partial charge is 0.481 e. The summed E-state index contributed by atoms with van der Waals surface area (Å²) >= 11 is 2.16. The summed E-state index contributed by atoms with van der Waals surface area (Å²) in [7, 11) is 0. The number of hydrogen-bond acceptors (Lipinski definition) is 2. The molecule has 5 heteroatoms. The lowest BCUT2D eigenvalue weighted by Crippen LogP contribution is -2.16. The van der Waals surface area contributed by atoms with Crippen molar-refractivity contribution in [2.75, 3.05) is 0 Å². The van der Waals surface area contributed by atoms with Crippen LogP contribution >= 0.6 is 22.6 Å². The predicted octanol–water partition coefficient (Wildman–Crippen LogP) is 4.21. The average molecular weight is 419 g/mol. The van der Waals surface area contributed by atoms with Crippen LogP contribution in [0.15, 0.2) is 54.7 Å². The number of aromatic amines is 1. The second kappa shape index (κ2) is 6.54. The van der Waals surface area contributed by atoms with E-state index in [0.29, 0.717) is 11.1 Å². The molecule has 1 aromatic heterocycles. The van der Waals surface area contributed by atoms with E-state index in [0.717, 1.165) is 14.5 Å². The number of Topliss-reactive ketones (excluding diaryl/α,β-unsaturated/α-hetero) is 1. The van der Waals surface area contributed by atoms with Gasteiger partial charge in [-0.05, 0) is 46.4 Å². The lowest BCUT2D eigenvalue weighted by atomic mass is 9.91. The van der Waals surface area contributed by atoms with E-state index >= 15 is 0 Å². The lowest BCUT2D eigenvalue weighted by molar-refractivity contribution is -0.138. The summed E-state index contributed by atoms with van der Waals surface area (Å²) in [6.45, 7) is 0. The molecule has 1 heterocycles. The number of fused-ring (bicyclic) bond motifs is 1. The molecular weight excluding hydrogens is 405 g/mol. The van der Waals surface area contributed by atoms with Crippen LogP contribution in [0.25, 0.3) is 10.9 Å². The fraction of sp³-hybridized carbons (Fsp3) is 0.111. The molecule has 0 bridgehead atoms. The summed E-state index contributed by atoms with van der Waals surface area (Å²) in [4.78, 5) is 27.2. The van der Waals surface area contributed by atoms with Crippen molar-refractivity contribution in [1.29, 1.82) is 0 Å². The van der Waals surface area contributed by atoms with Gasteiger partial charge >= 0.3 is 5.97 Å². The van der Waals surface area contributed by atoms with Gasteiger partial charge in [-0.25, -0.2) is 0 Å². The van der Waals surface area contributed by atoms with Gasteiger partial charge in [0.1, 0.15) is 0 Å². The van der Waals surface area contributed by atoms with E-state index < -0.39 is 11.9 Å². The number of rotatable bonds is 5. The summed E-state index contributed by atoms with van der Waals surface area (Å²) in [6, 6.07) is 14.7. The van der Waals surface area contributed by atoms with Crippen LogP contribution in [-0.4, -0.2) is 21.8 Å². The molecule has 23 heavy (non-hydrogen) atoms. The number of carbonyl (C=O) groups excluding carboxylic acids is 1. The Kier molecular flexibility index (Phi) is 4.47. The fourth-order valence-corrected chi connectivity index (χ4v) is 3.01. The van der Waals surface area contributed by atoms with Crippen molar-refractivity contribution in [1.82, 2.24) is 4.98 Å². The molecule has 116 valence electrons. The van der Waals surface area contributed by atoms with Crippen LogP contribution in [0.2, 0.25) is 0 Å². The maximum Gasteiger partial charge on any atom is 0.311 e. The van der Waals surface area contributed by atoms with E-state index in [4.69, 9.17) is 0 Å². The number of aromatic nitrogens is 1. The highest BCUT2D eigenvalue weighted by atomic mass is 127. The average Bonchev–Trinajstić information content (AvgIpc) is 2.96. The molecule has 3 aromatic rings. The SMILES string of the molecule is O=C(CC(C(=O)O)c1c[nH]c2ccccc12)c1ccc(I)cc1. The zero-order valence-corrected chi connectivity index (χ0v) is 14.3. The van der Waals surface area contributed by atoms with Gasteiger partial charge in [0, 0.05) is 32.7 Å². The topological polar surface area (TPSA) is 70.2 Å². The van der Waals surface area contributed by atoms with Gasteiger partial charge in [0.25, 0.3) is 0 Å². The van der Waals surface area contributed by atoms with E-state index in [1.807, 2.05) is 36.4 Å². The standard InChI is InChI=1S/C18H14INO3/c19-12-7-5-11(6-8-12)17(21)9-14(18(22)23)15-10-20-16-4-2-1-3-13(15)16/h1-8,10,14,20H,9H2,(H,22,23). The molecule has 2 aromatic carbocycles. The lowest BCUT2D eigenvalue weighted by Gasteiger charge is -2.11. The number of para-hydroxylation sites is 1. The first kappa shape index (κ1) is 15.7. The molecule has 0 spiro atoms. The molecule has 2 N–H and O–H groups in total. The highest BCUT2D eigenvalue weighted by molar-refractivity contribution is 14.1. The van der Waals surface area contributed by atoms with E-state index in [9.17, 15) is 14.7 Å². The van der Waals surface area contributed by atoms with Gasteiger partial charge in [-0.2, -0.15) is 0 Å². The predicted molar refractivity (Wildman–Crippen MR) is 96.8 cm³/mol.